The minimum absolute atomic E-state index is 0.0746. The Hall–Kier alpha value is -2.94. The van der Waals surface area contributed by atoms with Crippen LogP contribution in [0.4, 0.5) is 0 Å². The lowest BCUT2D eigenvalue weighted by Gasteiger charge is -2.10. The standard InChI is InChI=1S/C22H16ClN5OS2/c23-17-8-6-16(7-9-17)20-25-26-22(28(20)13-15-4-2-1-3-5-15)31-14-18-12-19(29)27-10-11-30-21(27)24-18/h1-12H,13-14H2. The zero-order chi connectivity index (χ0) is 21.2. The second kappa shape index (κ2) is 8.66. The predicted molar refractivity (Wildman–Crippen MR) is 125 cm³/mol. The van der Waals surface area contributed by atoms with Crippen LogP contribution in [-0.4, -0.2) is 24.1 Å². The third-order valence-corrected chi connectivity index (χ3v) is 6.72. The smallest absolute Gasteiger partial charge is 0.258 e. The Morgan fingerprint density at radius 1 is 1.03 bits per heavy atom. The maximum Gasteiger partial charge on any atom is 0.258 e. The van der Waals surface area contributed by atoms with Crippen LogP contribution in [0.5, 0.6) is 0 Å². The molecule has 5 aromatic rings. The van der Waals surface area contributed by atoms with E-state index >= 15 is 0 Å². The van der Waals surface area contributed by atoms with Crippen LogP contribution >= 0.6 is 34.7 Å². The van der Waals surface area contributed by atoms with Gasteiger partial charge in [0.15, 0.2) is 15.9 Å². The molecule has 0 saturated heterocycles. The van der Waals surface area contributed by atoms with Gasteiger partial charge in [-0.2, -0.15) is 0 Å². The Morgan fingerprint density at radius 2 is 1.84 bits per heavy atom. The van der Waals surface area contributed by atoms with E-state index in [0.29, 0.717) is 22.3 Å². The van der Waals surface area contributed by atoms with E-state index in [1.165, 1.54) is 23.1 Å². The fraction of sp³-hybridized carbons (Fsp3) is 0.0909. The molecule has 0 amide bonds. The zero-order valence-electron chi connectivity index (χ0n) is 16.2. The van der Waals surface area contributed by atoms with E-state index in [2.05, 4.69) is 31.9 Å². The van der Waals surface area contributed by atoms with Crippen molar-refractivity contribution in [2.45, 2.75) is 17.5 Å². The van der Waals surface area contributed by atoms with Crippen LogP contribution in [0.3, 0.4) is 0 Å². The van der Waals surface area contributed by atoms with E-state index in [-0.39, 0.29) is 5.56 Å². The number of aromatic nitrogens is 5. The van der Waals surface area contributed by atoms with Crippen molar-refractivity contribution in [3.8, 4) is 11.4 Å². The van der Waals surface area contributed by atoms with Gasteiger partial charge < -0.3 is 0 Å². The summed E-state index contributed by atoms with van der Waals surface area (Å²) in [6, 6.07) is 19.3. The summed E-state index contributed by atoms with van der Waals surface area (Å²) in [5.41, 5.74) is 2.74. The van der Waals surface area contributed by atoms with E-state index in [9.17, 15) is 4.79 Å². The first-order chi connectivity index (χ1) is 15.2. The van der Waals surface area contributed by atoms with Crippen molar-refractivity contribution in [2.75, 3.05) is 0 Å². The molecule has 0 saturated carbocycles. The largest absolute Gasteiger partial charge is 0.298 e. The number of hydrogen-bond donors (Lipinski definition) is 0. The van der Waals surface area contributed by atoms with Gasteiger partial charge in [0.05, 0.1) is 12.2 Å². The number of rotatable bonds is 6. The van der Waals surface area contributed by atoms with E-state index in [1.54, 1.807) is 16.7 Å². The van der Waals surface area contributed by atoms with Crippen molar-refractivity contribution in [1.82, 2.24) is 24.1 Å². The molecule has 0 radical (unpaired) electrons. The molecule has 0 atom stereocenters. The molecular formula is C22H16ClN5OS2. The van der Waals surface area contributed by atoms with Gasteiger partial charge in [0, 0.05) is 34.0 Å². The van der Waals surface area contributed by atoms with E-state index in [1.807, 2.05) is 47.8 Å². The van der Waals surface area contributed by atoms with Gasteiger partial charge in [0.25, 0.3) is 5.56 Å². The van der Waals surface area contributed by atoms with Crippen LogP contribution in [0.1, 0.15) is 11.3 Å². The third kappa shape index (κ3) is 4.27. The molecule has 3 heterocycles. The lowest BCUT2D eigenvalue weighted by molar-refractivity contribution is 0.714. The maximum atomic E-state index is 12.3. The van der Waals surface area contributed by atoms with Crippen LogP contribution in [0.2, 0.25) is 5.02 Å². The molecule has 0 aliphatic heterocycles. The van der Waals surface area contributed by atoms with Gasteiger partial charge in [-0.05, 0) is 29.8 Å². The molecule has 3 aromatic heterocycles. The molecule has 0 spiro atoms. The minimum atomic E-state index is -0.0746. The Kier molecular flexibility index (Phi) is 5.59. The SMILES string of the molecule is O=c1cc(CSc2nnc(-c3ccc(Cl)cc3)n2Cc2ccccc2)nc2sccn12. The fourth-order valence-corrected chi connectivity index (χ4v) is 4.91. The Morgan fingerprint density at radius 3 is 2.65 bits per heavy atom. The summed E-state index contributed by atoms with van der Waals surface area (Å²) >= 11 is 9.02. The van der Waals surface area contributed by atoms with Crippen LogP contribution in [0.15, 0.2) is 82.2 Å². The number of thioether (sulfide) groups is 1. The summed E-state index contributed by atoms with van der Waals surface area (Å²) in [4.78, 5) is 17.6. The monoisotopic (exact) mass is 465 g/mol. The van der Waals surface area contributed by atoms with Gasteiger partial charge >= 0.3 is 0 Å². The number of nitrogens with zero attached hydrogens (tertiary/aromatic N) is 5. The highest BCUT2D eigenvalue weighted by Gasteiger charge is 2.16. The van der Waals surface area contributed by atoms with Crippen LogP contribution < -0.4 is 5.56 Å². The normalized spacial score (nSPS) is 11.3. The molecule has 2 aromatic carbocycles. The highest BCUT2D eigenvalue weighted by Crippen LogP contribution is 2.28. The van der Waals surface area contributed by atoms with Gasteiger partial charge in [0.2, 0.25) is 0 Å². The number of halogens is 1. The van der Waals surface area contributed by atoms with Gasteiger partial charge in [-0.25, -0.2) is 4.98 Å². The molecular weight excluding hydrogens is 450 g/mol. The predicted octanol–water partition coefficient (Wildman–Crippen LogP) is 5.01. The lowest BCUT2D eigenvalue weighted by atomic mass is 10.2. The lowest BCUT2D eigenvalue weighted by Crippen LogP contribution is -2.12. The van der Waals surface area contributed by atoms with Crippen LogP contribution in [0, 0.1) is 0 Å². The van der Waals surface area contributed by atoms with Crippen molar-refractivity contribution >= 4 is 39.7 Å². The molecule has 0 fully saturated rings. The zero-order valence-corrected chi connectivity index (χ0v) is 18.6. The second-order valence-electron chi connectivity index (χ2n) is 6.81. The van der Waals surface area contributed by atoms with Crippen molar-refractivity contribution < 1.29 is 0 Å². The topological polar surface area (TPSA) is 65.1 Å². The Balaban J connectivity index is 1.48. The number of fused-ring (bicyclic) bond motifs is 1. The maximum absolute atomic E-state index is 12.3. The summed E-state index contributed by atoms with van der Waals surface area (Å²) in [6.45, 7) is 0.633. The summed E-state index contributed by atoms with van der Waals surface area (Å²) in [7, 11) is 0. The summed E-state index contributed by atoms with van der Waals surface area (Å²) in [6.07, 6.45) is 1.74. The molecule has 6 nitrogen and oxygen atoms in total. The van der Waals surface area contributed by atoms with Gasteiger partial charge in [-0.1, -0.05) is 53.7 Å². The quantitative estimate of drug-likeness (QED) is 0.330. The first kappa shape index (κ1) is 20.0. The van der Waals surface area contributed by atoms with Crippen LogP contribution in [-0.2, 0) is 12.3 Å². The Bertz CT molecular complexity index is 1390. The third-order valence-electron chi connectivity index (χ3n) is 4.71. The van der Waals surface area contributed by atoms with Crippen molar-refractivity contribution in [3.63, 3.8) is 0 Å². The molecule has 0 aliphatic rings. The molecule has 0 bridgehead atoms. The molecule has 31 heavy (non-hydrogen) atoms. The van der Waals surface area contributed by atoms with Crippen molar-refractivity contribution in [2.24, 2.45) is 0 Å². The Labute approximate surface area is 191 Å². The highest BCUT2D eigenvalue weighted by molar-refractivity contribution is 7.98. The number of hydrogen-bond acceptors (Lipinski definition) is 6. The second-order valence-corrected chi connectivity index (χ2v) is 9.07. The average molecular weight is 466 g/mol. The van der Waals surface area contributed by atoms with Gasteiger partial charge in [-0.3, -0.25) is 13.8 Å². The van der Waals surface area contributed by atoms with E-state index < -0.39 is 0 Å². The molecule has 0 aliphatic carbocycles. The summed E-state index contributed by atoms with van der Waals surface area (Å²) in [5.74, 6) is 1.29. The van der Waals surface area contributed by atoms with E-state index in [0.717, 1.165) is 27.8 Å². The molecule has 0 N–H and O–H groups in total. The highest BCUT2D eigenvalue weighted by atomic mass is 35.5. The molecule has 9 heteroatoms. The number of benzene rings is 2. The van der Waals surface area contributed by atoms with Crippen molar-refractivity contribution in [3.05, 3.63) is 98.9 Å². The summed E-state index contributed by atoms with van der Waals surface area (Å²) < 4.78 is 3.63. The first-order valence-corrected chi connectivity index (χ1v) is 11.7. The number of thiazole rings is 1. The van der Waals surface area contributed by atoms with Crippen molar-refractivity contribution in [1.29, 1.82) is 0 Å². The molecule has 5 rings (SSSR count). The van der Waals surface area contributed by atoms with Crippen LogP contribution in [0.25, 0.3) is 16.3 Å². The summed E-state index contributed by atoms with van der Waals surface area (Å²) in [5, 5.41) is 12.2. The molecule has 154 valence electrons. The molecule has 0 unspecified atom stereocenters. The minimum Gasteiger partial charge on any atom is -0.298 e. The fourth-order valence-electron chi connectivity index (χ4n) is 3.22. The first-order valence-electron chi connectivity index (χ1n) is 9.49. The van der Waals surface area contributed by atoms with E-state index in [4.69, 9.17) is 11.6 Å². The average Bonchev–Trinajstić information content (AvgIpc) is 3.41. The van der Waals surface area contributed by atoms with Gasteiger partial charge in [0.1, 0.15) is 0 Å². The van der Waals surface area contributed by atoms with Gasteiger partial charge in [-0.15, -0.1) is 21.5 Å².